The van der Waals surface area contributed by atoms with Gasteiger partial charge in [-0.1, -0.05) is 15.9 Å². The van der Waals surface area contributed by atoms with Gasteiger partial charge in [0.2, 0.25) is 0 Å². The molecule has 1 N–H and O–H groups in total. The van der Waals surface area contributed by atoms with Gasteiger partial charge in [-0.15, -0.1) is 0 Å². The summed E-state index contributed by atoms with van der Waals surface area (Å²) in [6, 6.07) is 5.25. The van der Waals surface area contributed by atoms with E-state index >= 15 is 0 Å². The van der Waals surface area contributed by atoms with Gasteiger partial charge in [0.15, 0.2) is 6.61 Å². The van der Waals surface area contributed by atoms with Gasteiger partial charge in [0.05, 0.1) is 12.2 Å². The molecule has 1 unspecified atom stereocenters. The number of carbonyl (C=O) groups excluding carboxylic acids is 1. The molecule has 1 rings (SSSR count). The van der Waals surface area contributed by atoms with Crippen LogP contribution in [0.3, 0.4) is 0 Å². The van der Waals surface area contributed by atoms with Crippen molar-refractivity contribution in [2.75, 3.05) is 6.61 Å². The predicted molar refractivity (Wildman–Crippen MR) is 71.5 cm³/mol. The van der Waals surface area contributed by atoms with E-state index < -0.39 is 12.1 Å². The molecule has 0 fully saturated rings. The van der Waals surface area contributed by atoms with Gasteiger partial charge in [0.25, 0.3) is 0 Å². The van der Waals surface area contributed by atoms with E-state index in [1.165, 1.54) is 0 Å². The molecule has 4 nitrogen and oxygen atoms in total. The van der Waals surface area contributed by atoms with Crippen LogP contribution >= 0.6 is 15.9 Å². The fraction of sp³-hybridized carbons (Fsp3) is 0.462. The summed E-state index contributed by atoms with van der Waals surface area (Å²) in [5.74, 6) is 0.0540. The summed E-state index contributed by atoms with van der Waals surface area (Å²) < 4.78 is 11.2. The number of aliphatic hydroxyl groups excluding tert-OH is 1. The highest BCUT2D eigenvalue weighted by molar-refractivity contribution is 9.10. The number of ether oxygens (including phenoxy) is 2. The number of benzene rings is 1. The Morgan fingerprint density at radius 3 is 2.61 bits per heavy atom. The molecule has 0 spiro atoms. The molecule has 1 aromatic carbocycles. The summed E-state index contributed by atoms with van der Waals surface area (Å²) in [4.78, 5) is 11.4. The third-order valence-corrected chi connectivity index (χ3v) is 2.63. The molecular formula is C13H17BrO4. The van der Waals surface area contributed by atoms with Crippen LogP contribution < -0.4 is 4.74 Å². The number of aliphatic hydroxyl groups is 1. The van der Waals surface area contributed by atoms with Crippen LogP contribution in [0.5, 0.6) is 5.75 Å². The van der Waals surface area contributed by atoms with Crippen LogP contribution in [0, 0.1) is 0 Å². The summed E-state index contributed by atoms with van der Waals surface area (Å²) >= 11 is 3.32. The van der Waals surface area contributed by atoms with Gasteiger partial charge in [0.1, 0.15) is 5.75 Å². The second kappa shape index (κ2) is 6.75. The fourth-order valence-electron chi connectivity index (χ4n) is 1.41. The van der Waals surface area contributed by atoms with Crippen LogP contribution in [0.25, 0.3) is 0 Å². The zero-order valence-corrected chi connectivity index (χ0v) is 12.2. The van der Waals surface area contributed by atoms with Crippen molar-refractivity contribution < 1.29 is 19.4 Å². The molecule has 0 bridgehead atoms. The second-order valence-corrected chi connectivity index (χ2v) is 5.10. The van der Waals surface area contributed by atoms with Gasteiger partial charge < -0.3 is 14.6 Å². The molecule has 0 aliphatic rings. The third-order valence-electron chi connectivity index (χ3n) is 2.13. The van der Waals surface area contributed by atoms with E-state index in [0.29, 0.717) is 11.3 Å². The molecule has 5 heteroatoms. The van der Waals surface area contributed by atoms with Crippen molar-refractivity contribution >= 4 is 21.9 Å². The van der Waals surface area contributed by atoms with Crippen molar-refractivity contribution in [3.05, 3.63) is 28.2 Å². The molecule has 1 aromatic rings. The molecule has 0 radical (unpaired) electrons. The molecule has 18 heavy (non-hydrogen) atoms. The highest BCUT2D eigenvalue weighted by atomic mass is 79.9. The van der Waals surface area contributed by atoms with Crippen molar-refractivity contribution in [1.82, 2.24) is 0 Å². The number of halogens is 1. The van der Waals surface area contributed by atoms with Gasteiger partial charge in [-0.2, -0.15) is 0 Å². The van der Waals surface area contributed by atoms with Gasteiger partial charge in [-0.05, 0) is 39.0 Å². The minimum Gasteiger partial charge on any atom is -0.482 e. The summed E-state index contributed by atoms with van der Waals surface area (Å²) in [6.45, 7) is 5.03. The van der Waals surface area contributed by atoms with E-state index in [4.69, 9.17) is 9.47 Å². The lowest BCUT2D eigenvalue weighted by Gasteiger charge is -2.14. The maximum Gasteiger partial charge on any atom is 0.344 e. The van der Waals surface area contributed by atoms with Crippen LogP contribution in [0.1, 0.15) is 32.4 Å². The number of rotatable bonds is 5. The Labute approximate surface area is 115 Å². The lowest BCUT2D eigenvalue weighted by molar-refractivity contribution is -0.149. The quantitative estimate of drug-likeness (QED) is 0.849. The van der Waals surface area contributed by atoms with E-state index in [1.807, 2.05) is 0 Å². The third kappa shape index (κ3) is 4.66. The Balaban J connectivity index is 2.70. The van der Waals surface area contributed by atoms with Crippen molar-refractivity contribution in [2.45, 2.75) is 33.0 Å². The van der Waals surface area contributed by atoms with Crippen LogP contribution in [-0.2, 0) is 9.53 Å². The van der Waals surface area contributed by atoms with Crippen LogP contribution in [0.2, 0.25) is 0 Å². The molecular weight excluding hydrogens is 300 g/mol. The smallest absolute Gasteiger partial charge is 0.344 e. The number of hydrogen-bond acceptors (Lipinski definition) is 4. The lowest BCUT2D eigenvalue weighted by atomic mass is 10.1. The molecule has 0 aromatic heterocycles. The van der Waals surface area contributed by atoms with Crippen molar-refractivity contribution in [1.29, 1.82) is 0 Å². The number of esters is 1. The zero-order valence-electron chi connectivity index (χ0n) is 10.6. The molecule has 0 heterocycles. The molecule has 0 aliphatic heterocycles. The normalized spacial score (nSPS) is 12.3. The molecule has 1 atom stereocenters. The summed E-state index contributed by atoms with van der Waals surface area (Å²) in [5.41, 5.74) is 0.627. The van der Waals surface area contributed by atoms with E-state index in [-0.39, 0.29) is 12.7 Å². The van der Waals surface area contributed by atoms with E-state index in [2.05, 4.69) is 15.9 Å². The molecule has 0 amide bonds. The van der Waals surface area contributed by atoms with Crippen molar-refractivity contribution in [2.24, 2.45) is 0 Å². The van der Waals surface area contributed by atoms with Gasteiger partial charge in [-0.25, -0.2) is 4.79 Å². The fourth-order valence-corrected chi connectivity index (χ4v) is 1.79. The zero-order chi connectivity index (χ0) is 13.7. The standard InChI is InChI=1S/C13H17BrO4/c1-8(2)18-13(16)7-17-12-5-4-10(14)6-11(12)9(3)15/h4-6,8-9,15H,7H2,1-3H3. The van der Waals surface area contributed by atoms with Gasteiger partial charge in [0, 0.05) is 10.0 Å². The second-order valence-electron chi connectivity index (χ2n) is 4.19. The summed E-state index contributed by atoms with van der Waals surface area (Å²) in [7, 11) is 0. The Hall–Kier alpha value is -1.07. The topological polar surface area (TPSA) is 55.8 Å². The first-order valence-electron chi connectivity index (χ1n) is 5.70. The largest absolute Gasteiger partial charge is 0.482 e. The monoisotopic (exact) mass is 316 g/mol. The minimum absolute atomic E-state index is 0.165. The highest BCUT2D eigenvalue weighted by Gasteiger charge is 2.12. The van der Waals surface area contributed by atoms with Crippen molar-refractivity contribution in [3.8, 4) is 5.75 Å². The first kappa shape index (κ1) is 15.0. The van der Waals surface area contributed by atoms with E-state index in [1.54, 1.807) is 39.0 Å². The number of hydrogen-bond donors (Lipinski definition) is 1. The van der Waals surface area contributed by atoms with Crippen molar-refractivity contribution in [3.63, 3.8) is 0 Å². The Kier molecular flexibility index (Phi) is 5.62. The van der Waals surface area contributed by atoms with Crippen LogP contribution in [-0.4, -0.2) is 23.8 Å². The molecule has 100 valence electrons. The Morgan fingerprint density at radius 2 is 2.06 bits per heavy atom. The molecule has 0 saturated carbocycles. The molecule has 0 aliphatic carbocycles. The van der Waals surface area contributed by atoms with Gasteiger partial charge in [-0.3, -0.25) is 0 Å². The Bertz CT molecular complexity index is 415. The van der Waals surface area contributed by atoms with Gasteiger partial charge >= 0.3 is 5.97 Å². The molecule has 0 saturated heterocycles. The maximum atomic E-state index is 11.4. The number of carbonyl (C=O) groups is 1. The minimum atomic E-state index is -0.668. The average molecular weight is 317 g/mol. The van der Waals surface area contributed by atoms with E-state index in [9.17, 15) is 9.90 Å². The van der Waals surface area contributed by atoms with E-state index in [0.717, 1.165) is 4.47 Å². The van der Waals surface area contributed by atoms with Crippen LogP contribution in [0.15, 0.2) is 22.7 Å². The summed E-state index contributed by atoms with van der Waals surface area (Å²) in [5, 5.41) is 9.62. The predicted octanol–water partition coefficient (Wildman–Crippen LogP) is 2.83. The maximum absolute atomic E-state index is 11.4. The Morgan fingerprint density at radius 1 is 1.39 bits per heavy atom. The SMILES string of the molecule is CC(C)OC(=O)COc1ccc(Br)cc1C(C)O. The average Bonchev–Trinajstić information content (AvgIpc) is 2.26. The first-order valence-corrected chi connectivity index (χ1v) is 6.49. The highest BCUT2D eigenvalue weighted by Crippen LogP contribution is 2.28. The van der Waals surface area contributed by atoms with Crippen LogP contribution in [0.4, 0.5) is 0 Å². The summed E-state index contributed by atoms with van der Waals surface area (Å²) in [6.07, 6.45) is -0.833. The first-order chi connectivity index (χ1) is 8.40. The lowest BCUT2D eigenvalue weighted by Crippen LogP contribution is -2.19.